The van der Waals surface area contributed by atoms with Gasteiger partial charge in [-0.25, -0.2) is 4.98 Å². The molecule has 154 valence electrons. The Kier molecular flexibility index (Phi) is 10.5. The van der Waals surface area contributed by atoms with Crippen molar-refractivity contribution in [2.45, 2.75) is 19.7 Å². The molecule has 0 aliphatic carbocycles. The van der Waals surface area contributed by atoms with Crippen molar-refractivity contribution in [3.05, 3.63) is 51.6 Å². The SMILES string of the molecule is CN=C(NCc1cccc(OC)n1)NCc1cc(Cl)cc(Cl)c1OC(F)F.I. The van der Waals surface area contributed by atoms with E-state index in [4.69, 9.17) is 27.9 Å². The Hall–Kier alpha value is -1.59. The largest absolute Gasteiger partial charge is 0.481 e. The highest BCUT2D eigenvalue weighted by Crippen LogP contribution is 2.33. The molecular formula is C17H19Cl2F2IN4O2. The molecule has 2 N–H and O–H groups in total. The van der Waals surface area contributed by atoms with Crippen LogP contribution in [0, 0.1) is 0 Å². The number of methoxy groups -OCH3 is 1. The quantitative estimate of drug-likeness (QED) is 0.304. The van der Waals surface area contributed by atoms with E-state index < -0.39 is 6.61 Å². The number of alkyl halides is 2. The summed E-state index contributed by atoms with van der Waals surface area (Å²) in [6, 6.07) is 8.22. The van der Waals surface area contributed by atoms with Crippen LogP contribution in [0.2, 0.25) is 10.0 Å². The smallest absolute Gasteiger partial charge is 0.387 e. The van der Waals surface area contributed by atoms with Crippen molar-refractivity contribution in [2.24, 2.45) is 4.99 Å². The topological polar surface area (TPSA) is 67.8 Å². The zero-order valence-electron chi connectivity index (χ0n) is 15.0. The van der Waals surface area contributed by atoms with Gasteiger partial charge in [0.05, 0.1) is 24.4 Å². The van der Waals surface area contributed by atoms with Gasteiger partial charge in [-0.3, -0.25) is 4.99 Å². The minimum atomic E-state index is -3.00. The summed E-state index contributed by atoms with van der Waals surface area (Å²) in [7, 11) is 3.12. The van der Waals surface area contributed by atoms with Gasteiger partial charge in [0.1, 0.15) is 5.75 Å². The summed E-state index contributed by atoms with van der Waals surface area (Å²) in [5.41, 5.74) is 1.11. The van der Waals surface area contributed by atoms with Crippen LogP contribution < -0.4 is 20.1 Å². The molecule has 0 bridgehead atoms. The molecule has 0 atom stereocenters. The standard InChI is InChI=1S/C17H18Cl2F2N4O2.HI/c1-22-17(24-9-12-4-3-5-14(25-12)26-2)23-8-10-6-11(18)7-13(19)15(10)27-16(20)21;/h3-7,16H,8-9H2,1-2H3,(H2,22,23,24);1H. The molecule has 1 aromatic carbocycles. The van der Waals surface area contributed by atoms with Gasteiger partial charge < -0.3 is 20.1 Å². The molecule has 0 fully saturated rings. The second kappa shape index (κ2) is 12.1. The predicted octanol–water partition coefficient (Wildman–Crippen LogP) is 4.48. The van der Waals surface area contributed by atoms with Gasteiger partial charge >= 0.3 is 6.61 Å². The summed E-state index contributed by atoms with van der Waals surface area (Å²) in [4.78, 5) is 8.36. The van der Waals surface area contributed by atoms with Crippen molar-refractivity contribution in [2.75, 3.05) is 14.2 Å². The number of guanidine groups is 1. The molecule has 0 saturated carbocycles. The van der Waals surface area contributed by atoms with E-state index in [1.165, 1.54) is 19.2 Å². The van der Waals surface area contributed by atoms with Gasteiger partial charge in [-0.15, -0.1) is 24.0 Å². The summed E-state index contributed by atoms with van der Waals surface area (Å²) in [5, 5.41) is 6.36. The van der Waals surface area contributed by atoms with E-state index in [0.29, 0.717) is 29.0 Å². The van der Waals surface area contributed by atoms with Crippen molar-refractivity contribution in [1.29, 1.82) is 0 Å². The molecule has 28 heavy (non-hydrogen) atoms. The number of hydrogen-bond donors (Lipinski definition) is 2. The number of rotatable bonds is 7. The van der Waals surface area contributed by atoms with E-state index in [1.807, 2.05) is 12.1 Å². The molecule has 0 radical (unpaired) electrons. The Morgan fingerprint density at radius 3 is 2.57 bits per heavy atom. The molecule has 1 heterocycles. The van der Waals surface area contributed by atoms with Gasteiger partial charge in [-0.05, 0) is 18.2 Å². The number of halogens is 5. The van der Waals surface area contributed by atoms with Crippen LogP contribution >= 0.6 is 47.2 Å². The Bertz CT molecular complexity index is 813. The highest BCUT2D eigenvalue weighted by Gasteiger charge is 2.15. The first-order chi connectivity index (χ1) is 12.9. The van der Waals surface area contributed by atoms with Crippen molar-refractivity contribution in [1.82, 2.24) is 15.6 Å². The number of benzene rings is 1. The molecule has 0 spiro atoms. The van der Waals surface area contributed by atoms with Crippen molar-refractivity contribution < 1.29 is 18.3 Å². The highest BCUT2D eigenvalue weighted by atomic mass is 127. The zero-order chi connectivity index (χ0) is 19.8. The number of aliphatic imine (C=N–C) groups is 1. The minimum Gasteiger partial charge on any atom is -0.481 e. The molecule has 0 aliphatic rings. The molecule has 0 unspecified atom stereocenters. The highest BCUT2D eigenvalue weighted by molar-refractivity contribution is 14.0. The third kappa shape index (κ3) is 7.44. The van der Waals surface area contributed by atoms with E-state index in [0.717, 1.165) is 5.69 Å². The minimum absolute atomic E-state index is 0. The number of nitrogens with zero attached hydrogens (tertiary/aromatic N) is 2. The maximum Gasteiger partial charge on any atom is 0.387 e. The first-order valence-electron chi connectivity index (χ1n) is 7.80. The third-order valence-corrected chi connectivity index (χ3v) is 3.89. The zero-order valence-corrected chi connectivity index (χ0v) is 18.9. The number of pyridine rings is 1. The summed E-state index contributed by atoms with van der Waals surface area (Å²) in [5.74, 6) is 0.798. The lowest BCUT2D eigenvalue weighted by molar-refractivity contribution is -0.0504. The molecule has 6 nitrogen and oxygen atoms in total. The molecular weight excluding hydrogens is 528 g/mol. The predicted molar refractivity (Wildman–Crippen MR) is 116 cm³/mol. The number of nitrogens with one attached hydrogen (secondary N) is 2. The van der Waals surface area contributed by atoms with E-state index in [-0.39, 0.29) is 41.3 Å². The van der Waals surface area contributed by atoms with Gasteiger partial charge in [0.15, 0.2) is 5.96 Å². The van der Waals surface area contributed by atoms with Crippen LogP contribution in [0.5, 0.6) is 11.6 Å². The lowest BCUT2D eigenvalue weighted by Crippen LogP contribution is -2.36. The monoisotopic (exact) mass is 546 g/mol. The number of hydrogen-bond acceptors (Lipinski definition) is 4. The molecule has 0 saturated heterocycles. The first-order valence-corrected chi connectivity index (χ1v) is 8.55. The van der Waals surface area contributed by atoms with Gasteiger partial charge in [-0.2, -0.15) is 8.78 Å². The number of aromatic nitrogens is 1. The lowest BCUT2D eigenvalue weighted by atomic mass is 10.2. The van der Waals surface area contributed by atoms with E-state index >= 15 is 0 Å². The fraction of sp³-hybridized carbons (Fsp3) is 0.294. The van der Waals surface area contributed by atoms with E-state index in [1.54, 1.807) is 13.1 Å². The maximum atomic E-state index is 12.6. The van der Waals surface area contributed by atoms with E-state index in [9.17, 15) is 8.78 Å². The summed E-state index contributed by atoms with van der Waals surface area (Å²) < 4.78 is 34.8. The van der Waals surface area contributed by atoms with Crippen LogP contribution in [0.25, 0.3) is 0 Å². The summed E-state index contributed by atoms with van der Waals surface area (Å²) >= 11 is 11.9. The van der Waals surface area contributed by atoms with Crippen molar-refractivity contribution in [3.8, 4) is 11.6 Å². The van der Waals surface area contributed by atoms with Crippen molar-refractivity contribution in [3.63, 3.8) is 0 Å². The van der Waals surface area contributed by atoms with Crippen LogP contribution in [0.15, 0.2) is 35.3 Å². The van der Waals surface area contributed by atoms with Gasteiger partial charge in [-0.1, -0.05) is 29.3 Å². The third-order valence-electron chi connectivity index (χ3n) is 3.39. The molecule has 0 amide bonds. The van der Waals surface area contributed by atoms with E-state index in [2.05, 4.69) is 25.3 Å². The van der Waals surface area contributed by atoms with Crippen LogP contribution in [0.3, 0.4) is 0 Å². The fourth-order valence-electron chi connectivity index (χ4n) is 2.21. The molecule has 1 aromatic heterocycles. The first kappa shape index (κ1) is 24.4. The average Bonchev–Trinajstić information content (AvgIpc) is 2.64. The molecule has 2 aromatic rings. The van der Waals surface area contributed by atoms with Gasteiger partial charge in [0, 0.05) is 30.2 Å². The second-order valence-electron chi connectivity index (χ2n) is 5.20. The summed E-state index contributed by atoms with van der Waals surface area (Å²) in [6.45, 7) is -2.50. The normalized spacial score (nSPS) is 11.0. The Labute approximate surface area is 188 Å². The van der Waals surface area contributed by atoms with Crippen molar-refractivity contribution >= 4 is 53.1 Å². The molecule has 0 aliphatic heterocycles. The Balaban J connectivity index is 0.00000392. The van der Waals surface area contributed by atoms with Crippen LogP contribution in [0.4, 0.5) is 8.78 Å². The maximum absolute atomic E-state index is 12.6. The van der Waals surface area contributed by atoms with Crippen LogP contribution in [0.1, 0.15) is 11.3 Å². The van der Waals surface area contributed by atoms with Crippen LogP contribution in [-0.4, -0.2) is 31.7 Å². The number of ether oxygens (including phenoxy) is 2. The Morgan fingerprint density at radius 2 is 1.93 bits per heavy atom. The fourth-order valence-corrected chi connectivity index (χ4v) is 2.79. The van der Waals surface area contributed by atoms with Gasteiger partial charge in [0.25, 0.3) is 0 Å². The average molecular weight is 547 g/mol. The Morgan fingerprint density at radius 1 is 1.21 bits per heavy atom. The lowest BCUT2D eigenvalue weighted by Gasteiger charge is -2.16. The molecule has 2 rings (SSSR count). The second-order valence-corrected chi connectivity index (χ2v) is 6.05. The van der Waals surface area contributed by atoms with Gasteiger partial charge in [0.2, 0.25) is 5.88 Å². The van der Waals surface area contributed by atoms with Crippen LogP contribution in [-0.2, 0) is 13.1 Å². The summed E-state index contributed by atoms with van der Waals surface area (Å²) in [6.07, 6.45) is 0. The molecule has 11 heteroatoms.